The number of methoxy groups -OCH3 is 1. The first-order valence-corrected chi connectivity index (χ1v) is 7.01. The van der Waals surface area contributed by atoms with Crippen LogP contribution in [0.2, 0.25) is 0 Å². The first-order valence-electron chi connectivity index (χ1n) is 7.01. The molecular weight excluding hydrogens is 243 g/mol. The van der Waals surface area contributed by atoms with Gasteiger partial charge >= 0.3 is 0 Å². The zero-order valence-corrected chi connectivity index (χ0v) is 11.9. The number of ether oxygens (including phenoxy) is 1. The normalized spacial score (nSPS) is 12.2. The molecule has 0 saturated carbocycles. The van der Waals surface area contributed by atoms with E-state index in [1.807, 2.05) is 0 Å². The van der Waals surface area contributed by atoms with Gasteiger partial charge < -0.3 is 15.8 Å². The molecule has 19 heavy (non-hydrogen) atoms. The van der Waals surface area contributed by atoms with Gasteiger partial charge in [-0.15, -0.1) is 0 Å². The van der Waals surface area contributed by atoms with Gasteiger partial charge in [0.25, 0.3) is 0 Å². The van der Waals surface area contributed by atoms with Crippen LogP contribution in [0.1, 0.15) is 39.0 Å². The lowest BCUT2D eigenvalue weighted by Crippen LogP contribution is -2.29. The highest BCUT2D eigenvalue weighted by atomic mass is 19.1. The molecule has 108 valence electrons. The Kier molecular flexibility index (Phi) is 7.26. The maximum Gasteiger partial charge on any atom is 0.146 e. The van der Waals surface area contributed by atoms with E-state index >= 15 is 0 Å². The lowest BCUT2D eigenvalue weighted by Gasteiger charge is -2.19. The van der Waals surface area contributed by atoms with Crippen molar-refractivity contribution < 1.29 is 9.13 Å². The maximum absolute atomic E-state index is 13.7. The summed E-state index contributed by atoms with van der Waals surface area (Å²) in [6.07, 6.45) is 5.74. The molecule has 0 radical (unpaired) electrons. The van der Waals surface area contributed by atoms with Crippen LogP contribution in [-0.4, -0.2) is 19.7 Å². The average molecular weight is 268 g/mol. The predicted molar refractivity (Wildman–Crippen MR) is 78.2 cm³/mol. The summed E-state index contributed by atoms with van der Waals surface area (Å²) < 4.78 is 18.8. The Morgan fingerprint density at radius 2 is 2.11 bits per heavy atom. The molecule has 0 heterocycles. The second kappa shape index (κ2) is 8.75. The van der Waals surface area contributed by atoms with Crippen LogP contribution in [0.5, 0.6) is 5.75 Å². The molecule has 1 rings (SSSR count). The van der Waals surface area contributed by atoms with Crippen molar-refractivity contribution in [3.63, 3.8) is 0 Å². The molecule has 4 heteroatoms. The van der Waals surface area contributed by atoms with Crippen molar-refractivity contribution in [2.24, 2.45) is 5.73 Å². The average Bonchev–Trinajstić information content (AvgIpc) is 2.44. The lowest BCUT2D eigenvalue weighted by atomic mass is 10.1. The number of unbranched alkanes of at least 4 members (excludes halogenated alkanes) is 3. The summed E-state index contributed by atoms with van der Waals surface area (Å²) in [5, 5.41) is 3.17. The SMILES string of the molecule is CCCCCCC(CN)Nc1cc(OC)ccc1F. The number of hydrogen-bond acceptors (Lipinski definition) is 3. The summed E-state index contributed by atoms with van der Waals surface area (Å²) >= 11 is 0. The monoisotopic (exact) mass is 268 g/mol. The molecule has 1 atom stereocenters. The lowest BCUT2D eigenvalue weighted by molar-refractivity contribution is 0.414. The van der Waals surface area contributed by atoms with Crippen LogP contribution >= 0.6 is 0 Å². The van der Waals surface area contributed by atoms with Crippen molar-refractivity contribution in [1.82, 2.24) is 0 Å². The van der Waals surface area contributed by atoms with Gasteiger partial charge in [-0.25, -0.2) is 4.39 Å². The van der Waals surface area contributed by atoms with Crippen molar-refractivity contribution >= 4 is 5.69 Å². The molecule has 1 aromatic carbocycles. The fourth-order valence-electron chi connectivity index (χ4n) is 2.03. The molecule has 0 aliphatic rings. The number of hydrogen-bond donors (Lipinski definition) is 2. The molecule has 0 saturated heterocycles. The second-order valence-electron chi connectivity index (χ2n) is 4.77. The summed E-state index contributed by atoms with van der Waals surface area (Å²) in [4.78, 5) is 0. The van der Waals surface area contributed by atoms with Gasteiger partial charge in [0.15, 0.2) is 0 Å². The van der Waals surface area contributed by atoms with E-state index in [1.165, 1.54) is 25.3 Å². The Balaban J connectivity index is 2.54. The summed E-state index contributed by atoms with van der Waals surface area (Å²) in [7, 11) is 1.57. The van der Waals surface area contributed by atoms with E-state index in [1.54, 1.807) is 19.2 Å². The van der Waals surface area contributed by atoms with Gasteiger partial charge in [-0.3, -0.25) is 0 Å². The van der Waals surface area contributed by atoms with Crippen LogP contribution in [0, 0.1) is 5.82 Å². The van der Waals surface area contributed by atoms with Crippen molar-refractivity contribution in [2.75, 3.05) is 19.0 Å². The van der Waals surface area contributed by atoms with E-state index in [-0.39, 0.29) is 11.9 Å². The molecule has 1 unspecified atom stereocenters. The standard InChI is InChI=1S/C15H25FN2O/c1-3-4-5-6-7-12(11-17)18-15-10-13(19-2)8-9-14(15)16/h8-10,12,18H,3-7,11,17H2,1-2H3. The van der Waals surface area contributed by atoms with E-state index in [9.17, 15) is 4.39 Å². The van der Waals surface area contributed by atoms with E-state index in [4.69, 9.17) is 10.5 Å². The molecule has 0 amide bonds. The molecule has 0 aromatic heterocycles. The number of anilines is 1. The number of nitrogens with one attached hydrogen (secondary N) is 1. The maximum atomic E-state index is 13.7. The smallest absolute Gasteiger partial charge is 0.146 e. The third-order valence-corrected chi connectivity index (χ3v) is 3.22. The number of nitrogens with two attached hydrogens (primary N) is 1. The van der Waals surface area contributed by atoms with Crippen LogP contribution < -0.4 is 15.8 Å². The molecule has 0 aliphatic carbocycles. The zero-order valence-electron chi connectivity index (χ0n) is 11.9. The number of halogens is 1. The highest BCUT2D eigenvalue weighted by Crippen LogP contribution is 2.22. The molecule has 3 nitrogen and oxygen atoms in total. The Morgan fingerprint density at radius 1 is 1.32 bits per heavy atom. The van der Waals surface area contributed by atoms with Crippen LogP contribution in [0.3, 0.4) is 0 Å². The Bertz CT molecular complexity index is 371. The van der Waals surface area contributed by atoms with Crippen molar-refractivity contribution in [3.8, 4) is 5.75 Å². The molecule has 0 aliphatic heterocycles. The van der Waals surface area contributed by atoms with Crippen LogP contribution in [0.15, 0.2) is 18.2 Å². The van der Waals surface area contributed by atoms with Crippen LogP contribution in [0.4, 0.5) is 10.1 Å². The Hall–Kier alpha value is -1.29. The fraction of sp³-hybridized carbons (Fsp3) is 0.600. The van der Waals surface area contributed by atoms with Gasteiger partial charge in [-0.2, -0.15) is 0 Å². The molecule has 0 spiro atoms. The first kappa shape index (κ1) is 15.8. The minimum absolute atomic E-state index is 0.110. The Labute approximate surface area is 115 Å². The van der Waals surface area contributed by atoms with E-state index in [0.717, 1.165) is 12.8 Å². The van der Waals surface area contributed by atoms with Crippen molar-refractivity contribution in [1.29, 1.82) is 0 Å². The zero-order chi connectivity index (χ0) is 14.1. The van der Waals surface area contributed by atoms with Gasteiger partial charge in [-0.1, -0.05) is 32.6 Å². The van der Waals surface area contributed by atoms with E-state index in [0.29, 0.717) is 18.0 Å². The topological polar surface area (TPSA) is 47.3 Å². The number of rotatable bonds is 9. The summed E-state index contributed by atoms with van der Waals surface area (Å²) in [5.41, 5.74) is 6.20. The fourth-order valence-corrected chi connectivity index (χ4v) is 2.03. The number of benzene rings is 1. The summed E-state index contributed by atoms with van der Waals surface area (Å²) in [6.45, 7) is 2.69. The Morgan fingerprint density at radius 3 is 2.74 bits per heavy atom. The van der Waals surface area contributed by atoms with Gasteiger partial charge in [0, 0.05) is 18.7 Å². The minimum atomic E-state index is -0.271. The largest absolute Gasteiger partial charge is 0.497 e. The predicted octanol–water partition coefficient (Wildman–Crippen LogP) is 3.54. The minimum Gasteiger partial charge on any atom is -0.497 e. The third-order valence-electron chi connectivity index (χ3n) is 3.22. The van der Waals surface area contributed by atoms with Gasteiger partial charge in [-0.05, 0) is 18.6 Å². The van der Waals surface area contributed by atoms with E-state index < -0.39 is 0 Å². The van der Waals surface area contributed by atoms with E-state index in [2.05, 4.69) is 12.2 Å². The highest BCUT2D eigenvalue weighted by molar-refractivity contribution is 5.50. The van der Waals surface area contributed by atoms with Gasteiger partial charge in [0.2, 0.25) is 0 Å². The molecule has 1 aromatic rings. The van der Waals surface area contributed by atoms with Crippen molar-refractivity contribution in [3.05, 3.63) is 24.0 Å². The third kappa shape index (κ3) is 5.47. The van der Waals surface area contributed by atoms with Crippen LogP contribution in [0.25, 0.3) is 0 Å². The highest BCUT2D eigenvalue weighted by Gasteiger charge is 2.10. The molecular formula is C15H25FN2O. The van der Waals surface area contributed by atoms with Crippen LogP contribution in [-0.2, 0) is 0 Å². The molecule has 0 bridgehead atoms. The molecule has 3 N–H and O–H groups in total. The molecule has 0 fully saturated rings. The summed E-state index contributed by atoms with van der Waals surface area (Å²) in [6, 6.07) is 4.80. The quantitative estimate of drug-likeness (QED) is 0.673. The summed E-state index contributed by atoms with van der Waals surface area (Å²) in [5.74, 6) is 0.374. The van der Waals surface area contributed by atoms with Crippen molar-refractivity contribution in [2.45, 2.75) is 45.1 Å². The van der Waals surface area contributed by atoms with Gasteiger partial charge in [0.1, 0.15) is 11.6 Å². The van der Waals surface area contributed by atoms with Gasteiger partial charge in [0.05, 0.1) is 12.8 Å². The second-order valence-corrected chi connectivity index (χ2v) is 4.77. The first-order chi connectivity index (χ1) is 9.21.